The lowest BCUT2D eigenvalue weighted by Crippen LogP contribution is -2.58. The molecule has 1 unspecified atom stereocenters. The second-order valence-electron chi connectivity index (χ2n) is 6.38. The fourth-order valence-corrected chi connectivity index (χ4v) is 3.18. The molecule has 0 spiro atoms. The molecule has 1 fully saturated rings. The van der Waals surface area contributed by atoms with Crippen molar-refractivity contribution >= 4 is 23.4 Å². The highest BCUT2D eigenvalue weighted by molar-refractivity contribution is 6.33. The molecule has 2 N–H and O–H groups in total. The minimum Gasteiger partial charge on any atom is -0.338 e. The summed E-state index contributed by atoms with van der Waals surface area (Å²) in [5.74, 6) is -0.822. The van der Waals surface area contributed by atoms with Gasteiger partial charge < -0.3 is 15.5 Å². The highest BCUT2D eigenvalue weighted by Crippen LogP contribution is 2.21. The van der Waals surface area contributed by atoms with Crippen molar-refractivity contribution in [3.8, 4) is 0 Å². The zero-order chi connectivity index (χ0) is 17.9. The van der Waals surface area contributed by atoms with Crippen LogP contribution >= 0.6 is 11.6 Å². The number of amides is 2. The lowest BCUT2D eigenvalue weighted by atomic mass is 9.95. The zero-order valence-electron chi connectivity index (χ0n) is 14.0. The number of carbonyl (C=O) groups is 2. The number of hydrogen-bond acceptors (Lipinski definition) is 3. The molecule has 0 aliphatic carbocycles. The Hall–Kier alpha value is -1.66. The molecule has 1 aliphatic rings. The Labute approximate surface area is 146 Å². The molecule has 24 heavy (non-hydrogen) atoms. The van der Waals surface area contributed by atoms with Gasteiger partial charge in [-0.1, -0.05) is 24.9 Å². The lowest BCUT2D eigenvalue weighted by Gasteiger charge is -2.38. The van der Waals surface area contributed by atoms with Crippen LogP contribution < -0.4 is 5.73 Å². The molecular weight excluding hydrogens is 333 g/mol. The maximum Gasteiger partial charge on any atom is 0.255 e. The van der Waals surface area contributed by atoms with E-state index in [9.17, 15) is 14.0 Å². The quantitative estimate of drug-likeness (QED) is 0.901. The standard InChI is InChI=1S/C17H23ClFN3O2/c1-3-6-17(2,20)16(24)22-9-7-21(8-10-22)15(23)13-5-4-12(19)11-14(13)18/h4-5,11H,3,6-10,20H2,1-2H3. The maximum atomic E-state index is 13.1. The minimum atomic E-state index is -0.874. The number of rotatable bonds is 4. The van der Waals surface area contributed by atoms with Crippen LogP contribution in [0.25, 0.3) is 0 Å². The van der Waals surface area contributed by atoms with E-state index in [0.29, 0.717) is 32.6 Å². The van der Waals surface area contributed by atoms with E-state index in [-0.39, 0.29) is 22.4 Å². The Morgan fingerprint density at radius 1 is 1.25 bits per heavy atom. The fraction of sp³-hybridized carbons (Fsp3) is 0.529. The van der Waals surface area contributed by atoms with Crippen LogP contribution in [0.3, 0.4) is 0 Å². The van der Waals surface area contributed by atoms with Gasteiger partial charge in [-0.2, -0.15) is 0 Å². The van der Waals surface area contributed by atoms with Crippen LogP contribution in [-0.2, 0) is 4.79 Å². The number of benzene rings is 1. The van der Waals surface area contributed by atoms with Crippen LogP contribution in [0.2, 0.25) is 5.02 Å². The lowest BCUT2D eigenvalue weighted by molar-refractivity contribution is -0.138. The van der Waals surface area contributed by atoms with E-state index in [1.165, 1.54) is 12.1 Å². The van der Waals surface area contributed by atoms with Crippen LogP contribution in [0, 0.1) is 5.82 Å². The van der Waals surface area contributed by atoms with E-state index >= 15 is 0 Å². The molecule has 2 amide bonds. The molecule has 1 heterocycles. The van der Waals surface area contributed by atoms with Gasteiger partial charge in [0, 0.05) is 26.2 Å². The average molecular weight is 356 g/mol. The third kappa shape index (κ3) is 4.05. The summed E-state index contributed by atoms with van der Waals surface area (Å²) >= 11 is 5.95. The van der Waals surface area contributed by atoms with E-state index in [4.69, 9.17) is 17.3 Å². The molecule has 0 bridgehead atoms. The zero-order valence-corrected chi connectivity index (χ0v) is 14.8. The Balaban J connectivity index is 1.99. The van der Waals surface area contributed by atoms with Crippen LogP contribution in [0.15, 0.2) is 18.2 Å². The third-order valence-electron chi connectivity index (χ3n) is 4.27. The molecule has 132 valence electrons. The van der Waals surface area contributed by atoms with Gasteiger partial charge in [-0.25, -0.2) is 4.39 Å². The molecule has 1 aromatic rings. The first-order valence-electron chi connectivity index (χ1n) is 8.09. The van der Waals surface area contributed by atoms with Gasteiger partial charge in [-0.15, -0.1) is 0 Å². The van der Waals surface area contributed by atoms with Gasteiger partial charge in [0.25, 0.3) is 5.91 Å². The van der Waals surface area contributed by atoms with Gasteiger partial charge in [0.15, 0.2) is 0 Å². The molecule has 1 saturated heterocycles. The van der Waals surface area contributed by atoms with Crippen molar-refractivity contribution < 1.29 is 14.0 Å². The normalized spacial score (nSPS) is 17.5. The van der Waals surface area contributed by atoms with Gasteiger partial charge in [-0.3, -0.25) is 9.59 Å². The average Bonchev–Trinajstić information content (AvgIpc) is 2.53. The molecule has 0 radical (unpaired) electrons. The summed E-state index contributed by atoms with van der Waals surface area (Å²) < 4.78 is 13.1. The second kappa shape index (κ2) is 7.49. The summed E-state index contributed by atoms with van der Waals surface area (Å²) in [6, 6.07) is 3.72. The highest BCUT2D eigenvalue weighted by atomic mass is 35.5. The molecule has 1 atom stereocenters. The number of nitrogens with two attached hydrogens (primary N) is 1. The third-order valence-corrected chi connectivity index (χ3v) is 4.59. The number of halogens is 2. The van der Waals surface area contributed by atoms with Crippen LogP contribution in [0.5, 0.6) is 0 Å². The van der Waals surface area contributed by atoms with Gasteiger partial charge in [0.05, 0.1) is 16.1 Å². The molecule has 5 nitrogen and oxygen atoms in total. The monoisotopic (exact) mass is 355 g/mol. The summed E-state index contributed by atoms with van der Waals surface area (Å²) in [6.07, 6.45) is 1.45. The van der Waals surface area contributed by atoms with Crippen molar-refractivity contribution in [2.45, 2.75) is 32.2 Å². The number of piperazine rings is 1. The van der Waals surface area contributed by atoms with Crippen molar-refractivity contribution in [2.75, 3.05) is 26.2 Å². The van der Waals surface area contributed by atoms with E-state index in [1.54, 1.807) is 16.7 Å². The summed E-state index contributed by atoms with van der Waals surface area (Å²) in [7, 11) is 0. The fourth-order valence-electron chi connectivity index (χ4n) is 2.93. The summed E-state index contributed by atoms with van der Waals surface area (Å²) in [6.45, 7) is 5.40. The summed E-state index contributed by atoms with van der Waals surface area (Å²) in [5.41, 5.74) is 5.49. The second-order valence-corrected chi connectivity index (χ2v) is 6.78. The predicted octanol–water partition coefficient (Wildman–Crippen LogP) is 2.28. The first-order valence-corrected chi connectivity index (χ1v) is 8.46. The Morgan fingerprint density at radius 2 is 1.83 bits per heavy atom. The molecular formula is C17H23ClFN3O2. The molecule has 2 rings (SSSR count). The van der Waals surface area contributed by atoms with Gasteiger partial charge in [0.2, 0.25) is 5.91 Å². The first-order chi connectivity index (χ1) is 11.3. The smallest absolute Gasteiger partial charge is 0.255 e. The van der Waals surface area contributed by atoms with Gasteiger partial charge in [-0.05, 0) is 31.5 Å². The van der Waals surface area contributed by atoms with Crippen molar-refractivity contribution in [3.05, 3.63) is 34.6 Å². The van der Waals surface area contributed by atoms with Crippen LogP contribution in [-0.4, -0.2) is 53.3 Å². The predicted molar refractivity (Wildman–Crippen MR) is 91.4 cm³/mol. The summed E-state index contributed by atoms with van der Waals surface area (Å²) in [5, 5.41) is 0.0935. The van der Waals surface area contributed by atoms with Crippen molar-refractivity contribution in [2.24, 2.45) is 5.73 Å². The van der Waals surface area contributed by atoms with Crippen molar-refractivity contribution in [1.82, 2.24) is 9.80 Å². The van der Waals surface area contributed by atoms with E-state index in [0.717, 1.165) is 12.5 Å². The van der Waals surface area contributed by atoms with E-state index < -0.39 is 11.4 Å². The van der Waals surface area contributed by atoms with Gasteiger partial charge in [0.1, 0.15) is 5.82 Å². The number of hydrogen-bond donors (Lipinski definition) is 1. The van der Waals surface area contributed by atoms with Crippen LogP contribution in [0.4, 0.5) is 4.39 Å². The number of carbonyl (C=O) groups excluding carboxylic acids is 2. The van der Waals surface area contributed by atoms with Gasteiger partial charge >= 0.3 is 0 Å². The van der Waals surface area contributed by atoms with Crippen molar-refractivity contribution in [1.29, 1.82) is 0 Å². The molecule has 1 aromatic carbocycles. The Bertz CT molecular complexity index is 628. The molecule has 7 heteroatoms. The van der Waals surface area contributed by atoms with E-state index in [2.05, 4.69) is 0 Å². The van der Waals surface area contributed by atoms with Crippen molar-refractivity contribution in [3.63, 3.8) is 0 Å². The van der Waals surface area contributed by atoms with E-state index in [1.807, 2.05) is 6.92 Å². The first kappa shape index (κ1) is 18.7. The molecule has 0 aromatic heterocycles. The Kier molecular flexibility index (Phi) is 5.83. The van der Waals surface area contributed by atoms with Crippen LogP contribution in [0.1, 0.15) is 37.0 Å². The maximum absolute atomic E-state index is 13.1. The largest absolute Gasteiger partial charge is 0.338 e. The Morgan fingerprint density at radius 3 is 2.38 bits per heavy atom. The highest BCUT2D eigenvalue weighted by Gasteiger charge is 2.34. The molecule has 0 saturated carbocycles. The topological polar surface area (TPSA) is 66.6 Å². The SMILES string of the molecule is CCCC(C)(N)C(=O)N1CCN(C(=O)c2ccc(F)cc2Cl)CC1. The summed E-state index contributed by atoms with van der Waals surface area (Å²) in [4.78, 5) is 28.3. The molecule has 1 aliphatic heterocycles. The minimum absolute atomic E-state index is 0.0868. The number of nitrogens with zero attached hydrogens (tertiary/aromatic N) is 2.